The van der Waals surface area contributed by atoms with E-state index in [0.717, 1.165) is 0 Å². The van der Waals surface area contributed by atoms with Gasteiger partial charge in [0.1, 0.15) is 18.3 Å². The summed E-state index contributed by atoms with van der Waals surface area (Å²) in [5.41, 5.74) is -0.950. The first-order valence-corrected chi connectivity index (χ1v) is 7.38. The van der Waals surface area contributed by atoms with Gasteiger partial charge in [-0.1, -0.05) is 18.2 Å². The zero-order valence-electron chi connectivity index (χ0n) is 13.7. The van der Waals surface area contributed by atoms with Gasteiger partial charge in [0.25, 0.3) is 5.56 Å². The fourth-order valence-electron chi connectivity index (χ4n) is 2.87. The molecule has 0 amide bonds. The van der Waals surface area contributed by atoms with Crippen LogP contribution in [0.1, 0.15) is 7.60 Å². The summed E-state index contributed by atoms with van der Waals surface area (Å²) < 4.78 is 19.6. The number of aromatic amines is 1. The van der Waals surface area contributed by atoms with Crippen molar-refractivity contribution in [2.45, 2.75) is 24.5 Å². The van der Waals surface area contributed by atoms with Crippen LogP contribution in [0, 0.1) is 0 Å². The van der Waals surface area contributed by atoms with Crippen LogP contribution in [0.5, 0.6) is 0 Å². The summed E-state index contributed by atoms with van der Waals surface area (Å²) in [4.78, 5) is 26.6. The van der Waals surface area contributed by atoms with Gasteiger partial charge in [0, 0.05) is 0 Å². The van der Waals surface area contributed by atoms with Crippen LogP contribution in [0.15, 0.2) is 46.5 Å². The zero-order valence-corrected chi connectivity index (χ0v) is 12.7. The van der Waals surface area contributed by atoms with Crippen molar-refractivity contribution in [3.63, 3.8) is 0 Å². The first kappa shape index (κ1) is 15.3. The van der Waals surface area contributed by atoms with Crippen molar-refractivity contribution in [1.29, 1.82) is 0 Å². The number of H-pyrrole nitrogens is 1. The molecule has 1 aliphatic heterocycles. The molecule has 3 rings (SSSR count). The van der Waals surface area contributed by atoms with E-state index in [1.54, 1.807) is 24.3 Å². The first-order valence-electron chi connectivity index (χ1n) is 7.88. The van der Waals surface area contributed by atoms with E-state index in [1.807, 2.05) is 0 Å². The van der Waals surface area contributed by atoms with E-state index in [9.17, 15) is 19.8 Å². The Morgan fingerprint density at radius 1 is 1.46 bits per heavy atom. The highest BCUT2D eigenvalue weighted by atomic mass is 16.6. The molecule has 8 nitrogen and oxygen atoms in total. The molecular weight excluding hydrogens is 316 g/mol. The molecule has 0 radical (unpaired) electrons. The number of aromatic nitrogens is 2. The Hall–Kier alpha value is -2.26. The number of para-hydroxylation sites is 1. The maximum atomic E-state index is 12.4. The van der Waals surface area contributed by atoms with Crippen LogP contribution in [-0.2, 0) is 9.47 Å². The molecule has 8 heteroatoms. The highest BCUT2D eigenvalue weighted by Crippen LogP contribution is 2.32. The lowest BCUT2D eigenvalue weighted by molar-refractivity contribution is -0.0662. The molecule has 1 aromatic heterocycles. The van der Waals surface area contributed by atoms with Crippen LogP contribution in [0.3, 0.4) is 0 Å². The molecule has 2 heterocycles. The Balaban J connectivity index is 2.13. The molecule has 1 unspecified atom stereocenters. The first-order chi connectivity index (χ1) is 11.9. The number of rotatable bonds is 5. The van der Waals surface area contributed by atoms with Gasteiger partial charge in [0.15, 0.2) is 6.23 Å². The molecule has 3 N–H and O–H groups in total. The van der Waals surface area contributed by atoms with Gasteiger partial charge in [0.05, 0.1) is 25.5 Å². The second-order valence-electron chi connectivity index (χ2n) is 5.41. The van der Waals surface area contributed by atoms with E-state index >= 15 is 0 Å². The van der Waals surface area contributed by atoms with Gasteiger partial charge in [-0.2, -0.15) is 0 Å². The van der Waals surface area contributed by atoms with E-state index < -0.39 is 42.4 Å². The van der Waals surface area contributed by atoms with Crippen molar-refractivity contribution in [2.24, 2.45) is 0 Å². The molecule has 128 valence electrons. The van der Waals surface area contributed by atoms with Crippen molar-refractivity contribution < 1.29 is 21.1 Å². The number of ether oxygens (including phenoxy) is 2. The number of fused-ring (bicyclic) bond motifs is 1. The molecule has 4 atom stereocenters. The van der Waals surface area contributed by atoms with Crippen LogP contribution in [0.25, 0.3) is 10.9 Å². The molecule has 1 aliphatic rings. The third-order valence-corrected chi connectivity index (χ3v) is 3.97. The Morgan fingerprint density at radius 2 is 2.21 bits per heavy atom. The molecule has 0 aliphatic carbocycles. The quantitative estimate of drug-likeness (QED) is 0.636. The highest BCUT2D eigenvalue weighted by Gasteiger charge is 2.46. The minimum atomic E-state index is -1.22. The van der Waals surface area contributed by atoms with Crippen molar-refractivity contribution >= 4 is 10.9 Å². The molecule has 1 saturated heterocycles. The summed E-state index contributed by atoms with van der Waals surface area (Å²) in [6, 6.07) is 6.44. The summed E-state index contributed by atoms with van der Waals surface area (Å²) in [5, 5.41) is 20.0. The predicted molar refractivity (Wildman–Crippen MR) is 85.8 cm³/mol. The molecular formula is C16H18N2O6. The molecule has 2 aromatic rings. The molecule has 0 saturated carbocycles. The lowest BCUT2D eigenvalue weighted by Gasteiger charge is -2.23. The van der Waals surface area contributed by atoms with E-state index in [-0.39, 0.29) is 18.0 Å². The van der Waals surface area contributed by atoms with Gasteiger partial charge < -0.3 is 19.7 Å². The topological polar surface area (TPSA) is 114 Å². The number of hydrogen-bond donors (Lipinski definition) is 3. The summed E-state index contributed by atoms with van der Waals surface area (Å²) in [6.45, 7) is 2.76. The van der Waals surface area contributed by atoms with Gasteiger partial charge in [-0.25, -0.2) is 4.79 Å². The normalized spacial score (nSPS) is 27.3. The maximum Gasteiger partial charge on any atom is 0.331 e. The van der Waals surface area contributed by atoms with Crippen LogP contribution in [0.2, 0.25) is 0 Å². The third-order valence-electron chi connectivity index (χ3n) is 3.97. The molecule has 1 fully saturated rings. The fraction of sp³-hybridized carbons (Fsp3) is 0.375. The van der Waals surface area contributed by atoms with Crippen LogP contribution in [-0.4, -0.2) is 51.3 Å². The van der Waals surface area contributed by atoms with Crippen molar-refractivity contribution in [3.8, 4) is 0 Å². The van der Waals surface area contributed by atoms with Gasteiger partial charge >= 0.3 is 5.69 Å². The van der Waals surface area contributed by atoms with E-state index in [1.165, 1.54) is 4.57 Å². The number of hydrogen-bond acceptors (Lipinski definition) is 6. The van der Waals surface area contributed by atoms with Gasteiger partial charge in [0.2, 0.25) is 0 Å². The lowest BCUT2D eigenvalue weighted by atomic mass is 10.1. The van der Waals surface area contributed by atoms with Gasteiger partial charge in [-0.3, -0.25) is 14.3 Å². The standard InChI is InChI=1S/C16H18N2O6/c1-2-7-23-13-12(20)11(8-19)24-15(13)18-10-6-4-3-5-9(10)14(21)17-16(18)22/h2-6,11-13,15,19-20H,1,7-8H2,(H,17,21,22)/t11-,12-,13-,15?/m1/s1/i2D. The average Bonchev–Trinajstić information content (AvgIpc) is 2.89. The number of benzene rings is 1. The van der Waals surface area contributed by atoms with Gasteiger partial charge in [-0.15, -0.1) is 6.58 Å². The smallest absolute Gasteiger partial charge is 0.331 e. The fourth-order valence-corrected chi connectivity index (χ4v) is 2.87. The van der Waals surface area contributed by atoms with Crippen molar-refractivity contribution in [3.05, 3.63) is 57.7 Å². The second-order valence-corrected chi connectivity index (χ2v) is 5.41. The molecule has 0 bridgehead atoms. The summed E-state index contributed by atoms with van der Waals surface area (Å²) in [7, 11) is 0. The number of aliphatic hydroxyl groups is 2. The molecule has 24 heavy (non-hydrogen) atoms. The Labute approximate surface area is 138 Å². The van der Waals surface area contributed by atoms with Crippen LogP contribution in [0.4, 0.5) is 0 Å². The highest BCUT2D eigenvalue weighted by molar-refractivity contribution is 5.77. The Kier molecular flexibility index (Phi) is 4.26. The Bertz CT molecular complexity index is 907. The largest absolute Gasteiger partial charge is 0.394 e. The van der Waals surface area contributed by atoms with E-state index in [0.29, 0.717) is 5.52 Å². The number of nitrogens with zero attached hydrogens (tertiary/aromatic N) is 1. The minimum absolute atomic E-state index is 0.0166. The van der Waals surface area contributed by atoms with Crippen LogP contribution >= 0.6 is 0 Å². The third kappa shape index (κ3) is 2.69. The minimum Gasteiger partial charge on any atom is -0.394 e. The second kappa shape index (κ2) is 6.70. The summed E-state index contributed by atoms with van der Waals surface area (Å²) in [5.74, 6) is 0. The van der Waals surface area contributed by atoms with E-state index in [2.05, 4.69) is 11.6 Å². The molecule has 0 spiro atoms. The monoisotopic (exact) mass is 335 g/mol. The van der Waals surface area contributed by atoms with Crippen molar-refractivity contribution in [1.82, 2.24) is 9.55 Å². The average molecular weight is 335 g/mol. The lowest BCUT2D eigenvalue weighted by Crippen LogP contribution is -2.40. The van der Waals surface area contributed by atoms with E-state index in [4.69, 9.17) is 10.8 Å². The van der Waals surface area contributed by atoms with Gasteiger partial charge in [-0.05, 0) is 12.1 Å². The SMILES string of the molecule is [2H]C(=C)CO[C@H]1C(n2c(=O)[nH]c(=O)c3ccccc32)O[C@H](CO)[C@H]1O. The summed E-state index contributed by atoms with van der Waals surface area (Å²) in [6.07, 6.45) is -4.29. The van der Waals surface area contributed by atoms with Crippen LogP contribution < -0.4 is 11.2 Å². The predicted octanol–water partition coefficient (Wildman–Crippen LogP) is -0.488. The maximum absolute atomic E-state index is 12.4. The molecule has 1 aromatic carbocycles. The number of nitrogens with one attached hydrogen (secondary N) is 1. The zero-order chi connectivity index (χ0) is 18.1. The Morgan fingerprint density at radius 3 is 2.92 bits per heavy atom. The number of aliphatic hydroxyl groups excluding tert-OH is 2. The summed E-state index contributed by atoms with van der Waals surface area (Å²) >= 11 is 0. The van der Waals surface area contributed by atoms with Crippen molar-refractivity contribution in [2.75, 3.05) is 13.2 Å².